The number of benzene rings is 1. The van der Waals surface area contributed by atoms with Crippen molar-refractivity contribution >= 4 is 28.1 Å². The molecule has 2 N–H and O–H groups in total. The topological polar surface area (TPSA) is 38.9 Å². The summed E-state index contributed by atoms with van der Waals surface area (Å²) in [4.78, 5) is 5.45. The van der Waals surface area contributed by atoms with Crippen molar-refractivity contribution in [2.24, 2.45) is 0 Å². The molecule has 2 rings (SSSR count). The summed E-state index contributed by atoms with van der Waals surface area (Å²) in [7, 11) is 0. The van der Waals surface area contributed by atoms with Gasteiger partial charge in [0, 0.05) is 11.3 Å². The number of hydrogen-bond acceptors (Lipinski definition) is 3. The Morgan fingerprint density at radius 1 is 1.44 bits per heavy atom. The minimum Gasteiger partial charge on any atom is -0.375 e. The fraction of sp³-hybridized carbons (Fsp3) is 0.308. The number of nitrogen functional groups attached to an aromatic ring is 1. The molecule has 0 fully saturated rings. The number of halogens is 2. The van der Waals surface area contributed by atoms with E-state index in [0.29, 0.717) is 17.5 Å². The quantitative estimate of drug-likeness (QED) is 0.916. The van der Waals surface area contributed by atoms with Gasteiger partial charge in [0.25, 0.3) is 0 Å². The first kappa shape index (κ1) is 13.3. The molecule has 18 heavy (non-hydrogen) atoms. The van der Waals surface area contributed by atoms with E-state index in [4.69, 9.17) is 17.3 Å². The van der Waals surface area contributed by atoms with Gasteiger partial charge in [-0.2, -0.15) is 0 Å². The fourth-order valence-electron chi connectivity index (χ4n) is 1.80. The molecule has 0 atom stereocenters. The van der Waals surface area contributed by atoms with E-state index in [-0.39, 0.29) is 5.02 Å². The normalized spacial score (nSPS) is 11.2. The van der Waals surface area contributed by atoms with Gasteiger partial charge >= 0.3 is 0 Å². The Morgan fingerprint density at radius 3 is 2.78 bits per heavy atom. The van der Waals surface area contributed by atoms with Crippen LogP contribution in [0, 0.1) is 5.82 Å². The SMILES string of the molecule is CC(C)c1nc(N)sc1Cc1ccc(F)c(Cl)c1. The smallest absolute Gasteiger partial charge is 0.180 e. The van der Waals surface area contributed by atoms with Crippen LogP contribution in [-0.2, 0) is 6.42 Å². The second-order valence-electron chi connectivity index (χ2n) is 4.44. The molecule has 2 aromatic rings. The van der Waals surface area contributed by atoms with Crippen molar-refractivity contribution in [1.82, 2.24) is 4.98 Å². The molecule has 0 bridgehead atoms. The minimum absolute atomic E-state index is 0.149. The largest absolute Gasteiger partial charge is 0.375 e. The summed E-state index contributed by atoms with van der Waals surface area (Å²) in [6.07, 6.45) is 0.683. The molecular weight excluding hydrogens is 271 g/mol. The van der Waals surface area contributed by atoms with E-state index in [2.05, 4.69) is 18.8 Å². The third-order valence-electron chi connectivity index (χ3n) is 2.64. The summed E-state index contributed by atoms with van der Waals surface area (Å²) in [6, 6.07) is 4.77. The van der Waals surface area contributed by atoms with Crippen LogP contribution in [0.15, 0.2) is 18.2 Å². The molecular formula is C13H14ClFN2S. The fourth-order valence-corrected chi connectivity index (χ4v) is 3.02. The highest BCUT2D eigenvalue weighted by Crippen LogP contribution is 2.29. The predicted octanol–water partition coefficient (Wildman–Crippen LogP) is 4.23. The molecule has 1 aromatic heterocycles. The number of nitrogens with zero attached hydrogens (tertiary/aromatic N) is 1. The number of thiazole rings is 1. The summed E-state index contributed by atoms with van der Waals surface area (Å²) >= 11 is 7.25. The molecule has 0 saturated carbocycles. The zero-order chi connectivity index (χ0) is 13.3. The summed E-state index contributed by atoms with van der Waals surface area (Å²) in [5, 5.41) is 0.720. The Bertz CT molecular complexity index is 566. The maximum Gasteiger partial charge on any atom is 0.180 e. The molecule has 0 radical (unpaired) electrons. The highest BCUT2D eigenvalue weighted by molar-refractivity contribution is 7.15. The summed E-state index contributed by atoms with van der Waals surface area (Å²) < 4.78 is 13.1. The highest BCUT2D eigenvalue weighted by Gasteiger charge is 2.13. The van der Waals surface area contributed by atoms with Crippen molar-refractivity contribution in [2.45, 2.75) is 26.2 Å². The number of aromatic nitrogens is 1. The summed E-state index contributed by atoms with van der Waals surface area (Å²) in [5.41, 5.74) is 7.72. The van der Waals surface area contributed by atoms with Crippen LogP contribution in [0.1, 0.15) is 35.9 Å². The number of rotatable bonds is 3. The van der Waals surface area contributed by atoms with Crippen LogP contribution < -0.4 is 5.73 Å². The second kappa shape index (κ2) is 5.24. The lowest BCUT2D eigenvalue weighted by molar-refractivity contribution is 0.627. The number of nitrogens with two attached hydrogens (primary N) is 1. The Balaban J connectivity index is 2.30. The first-order chi connectivity index (χ1) is 8.47. The third-order valence-corrected chi connectivity index (χ3v) is 3.83. The van der Waals surface area contributed by atoms with Crippen molar-refractivity contribution in [3.8, 4) is 0 Å². The first-order valence-electron chi connectivity index (χ1n) is 5.66. The summed E-state index contributed by atoms with van der Waals surface area (Å²) in [6.45, 7) is 4.16. The van der Waals surface area contributed by atoms with E-state index < -0.39 is 5.82 Å². The monoisotopic (exact) mass is 284 g/mol. The maximum absolute atomic E-state index is 13.1. The average Bonchev–Trinajstić information content (AvgIpc) is 2.65. The van der Waals surface area contributed by atoms with Crippen molar-refractivity contribution in [3.05, 3.63) is 45.2 Å². The third kappa shape index (κ3) is 2.82. The Morgan fingerprint density at radius 2 is 2.17 bits per heavy atom. The standard InChI is InChI=1S/C13H14ClFN2S/c1-7(2)12-11(18-13(16)17-12)6-8-3-4-10(15)9(14)5-8/h3-5,7H,6H2,1-2H3,(H2,16,17). The zero-order valence-electron chi connectivity index (χ0n) is 10.2. The van der Waals surface area contributed by atoms with Gasteiger partial charge in [-0.05, 0) is 23.6 Å². The lowest BCUT2D eigenvalue weighted by Crippen LogP contribution is -1.95. The van der Waals surface area contributed by atoms with Crippen LogP contribution in [0.25, 0.3) is 0 Å². The van der Waals surface area contributed by atoms with E-state index >= 15 is 0 Å². The first-order valence-corrected chi connectivity index (χ1v) is 6.86. The average molecular weight is 285 g/mol. The molecule has 0 saturated heterocycles. The van der Waals surface area contributed by atoms with Gasteiger partial charge in [0.2, 0.25) is 0 Å². The molecule has 0 aliphatic heterocycles. The molecule has 5 heteroatoms. The highest BCUT2D eigenvalue weighted by atomic mass is 35.5. The van der Waals surface area contributed by atoms with E-state index in [1.54, 1.807) is 12.1 Å². The molecule has 0 unspecified atom stereocenters. The molecule has 0 spiro atoms. The van der Waals surface area contributed by atoms with Crippen molar-refractivity contribution in [1.29, 1.82) is 0 Å². The lowest BCUT2D eigenvalue weighted by Gasteiger charge is -2.06. The molecule has 0 amide bonds. The van der Waals surface area contributed by atoms with Gasteiger partial charge in [0.15, 0.2) is 5.13 Å². The minimum atomic E-state index is -0.395. The van der Waals surface area contributed by atoms with E-state index in [0.717, 1.165) is 16.1 Å². The molecule has 1 heterocycles. The summed E-state index contributed by atoms with van der Waals surface area (Å²) in [5.74, 6) is -0.0715. The van der Waals surface area contributed by atoms with Crippen molar-refractivity contribution in [3.63, 3.8) is 0 Å². The van der Waals surface area contributed by atoms with Crippen LogP contribution in [0.4, 0.5) is 9.52 Å². The van der Waals surface area contributed by atoms with Gasteiger partial charge in [-0.25, -0.2) is 9.37 Å². The van der Waals surface area contributed by atoms with Crippen LogP contribution in [-0.4, -0.2) is 4.98 Å². The van der Waals surface area contributed by atoms with Gasteiger partial charge in [0.1, 0.15) is 5.82 Å². The van der Waals surface area contributed by atoms with E-state index in [1.807, 2.05) is 0 Å². The van der Waals surface area contributed by atoms with Gasteiger partial charge in [0.05, 0.1) is 10.7 Å². The van der Waals surface area contributed by atoms with Crippen molar-refractivity contribution < 1.29 is 4.39 Å². The van der Waals surface area contributed by atoms with Crippen LogP contribution in [0.3, 0.4) is 0 Å². The lowest BCUT2D eigenvalue weighted by atomic mass is 10.0. The maximum atomic E-state index is 13.1. The molecule has 96 valence electrons. The van der Waals surface area contributed by atoms with Gasteiger partial charge < -0.3 is 5.73 Å². The molecule has 1 aromatic carbocycles. The van der Waals surface area contributed by atoms with Crippen LogP contribution in [0.5, 0.6) is 0 Å². The Labute approximate surface area is 115 Å². The molecule has 2 nitrogen and oxygen atoms in total. The molecule has 0 aliphatic carbocycles. The zero-order valence-corrected chi connectivity index (χ0v) is 11.8. The number of anilines is 1. The van der Waals surface area contributed by atoms with E-state index in [9.17, 15) is 4.39 Å². The Hall–Kier alpha value is -1.13. The predicted molar refractivity (Wildman–Crippen MR) is 74.8 cm³/mol. The van der Waals surface area contributed by atoms with E-state index in [1.165, 1.54) is 17.4 Å². The van der Waals surface area contributed by atoms with Gasteiger partial charge in [-0.15, -0.1) is 11.3 Å². The van der Waals surface area contributed by atoms with Crippen LogP contribution in [0.2, 0.25) is 5.02 Å². The molecule has 0 aliphatic rings. The van der Waals surface area contributed by atoms with Crippen molar-refractivity contribution in [2.75, 3.05) is 5.73 Å². The van der Waals surface area contributed by atoms with Gasteiger partial charge in [-0.1, -0.05) is 31.5 Å². The number of hydrogen-bond donors (Lipinski definition) is 1. The van der Waals surface area contributed by atoms with Crippen LogP contribution >= 0.6 is 22.9 Å². The Kier molecular flexibility index (Phi) is 3.88. The second-order valence-corrected chi connectivity index (χ2v) is 5.96. The van der Waals surface area contributed by atoms with Gasteiger partial charge in [-0.3, -0.25) is 0 Å².